The normalized spacial score (nSPS) is 15.8. The molecule has 0 bridgehead atoms. The lowest BCUT2D eigenvalue weighted by Gasteiger charge is -2.36. The second-order valence-corrected chi connectivity index (χ2v) is 9.01. The maximum atomic E-state index is 13.1. The summed E-state index contributed by atoms with van der Waals surface area (Å²) in [7, 11) is 1.58. The first-order valence-corrected chi connectivity index (χ1v) is 12.0. The van der Waals surface area contributed by atoms with Crippen molar-refractivity contribution in [3.05, 3.63) is 64.7 Å². The lowest BCUT2D eigenvalue weighted by Crippen LogP contribution is -2.55. The Bertz CT molecular complexity index is 1000. The van der Waals surface area contributed by atoms with E-state index in [1.54, 1.807) is 60.5 Å². The third-order valence-corrected chi connectivity index (χ3v) is 6.65. The Labute approximate surface area is 205 Å². The molecule has 1 saturated heterocycles. The number of amides is 3. The molecular weight excluding hydrogens is 454 g/mol. The highest BCUT2D eigenvalue weighted by molar-refractivity contribution is 6.33. The van der Waals surface area contributed by atoms with Gasteiger partial charge in [0.2, 0.25) is 5.91 Å². The number of carbonyl (C=O) groups is 3. The summed E-state index contributed by atoms with van der Waals surface area (Å²) in [5.74, 6) is -0.0572. The van der Waals surface area contributed by atoms with Gasteiger partial charge in [0.1, 0.15) is 11.8 Å². The van der Waals surface area contributed by atoms with Crippen molar-refractivity contribution in [2.24, 2.45) is 5.92 Å². The SMILES string of the molecule is CC[C@H](C)NC(=O)[C@@H](NC(=O)c1ccccc1Cl)C1CCN(C(=O)c2ccc(OC)cc2)CC1. The first kappa shape index (κ1) is 25.6. The van der Waals surface area contributed by atoms with Gasteiger partial charge in [-0.05, 0) is 68.5 Å². The van der Waals surface area contributed by atoms with E-state index in [1.807, 2.05) is 13.8 Å². The minimum atomic E-state index is -0.712. The number of halogens is 1. The highest BCUT2D eigenvalue weighted by Crippen LogP contribution is 2.24. The monoisotopic (exact) mass is 485 g/mol. The maximum Gasteiger partial charge on any atom is 0.253 e. The lowest BCUT2D eigenvalue weighted by atomic mass is 9.88. The molecule has 2 N–H and O–H groups in total. The van der Waals surface area contributed by atoms with Gasteiger partial charge in [0, 0.05) is 24.7 Å². The Balaban J connectivity index is 1.70. The molecule has 1 aliphatic rings. The lowest BCUT2D eigenvalue weighted by molar-refractivity contribution is -0.125. The number of hydrogen-bond acceptors (Lipinski definition) is 4. The van der Waals surface area contributed by atoms with Crippen LogP contribution in [0.15, 0.2) is 48.5 Å². The number of nitrogens with one attached hydrogen (secondary N) is 2. The second kappa shape index (κ2) is 11.9. The van der Waals surface area contributed by atoms with Gasteiger partial charge in [-0.3, -0.25) is 14.4 Å². The van der Waals surface area contributed by atoms with E-state index in [1.165, 1.54) is 0 Å². The van der Waals surface area contributed by atoms with Gasteiger partial charge in [-0.1, -0.05) is 30.7 Å². The van der Waals surface area contributed by atoms with Crippen molar-refractivity contribution in [2.45, 2.75) is 45.2 Å². The second-order valence-electron chi connectivity index (χ2n) is 8.61. The molecule has 0 aliphatic carbocycles. The zero-order valence-corrected chi connectivity index (χ0v) is 20.6. The van der Waals surface area contributed by atoms with Crippen LogP contribution >= 0.6 is 11.6 Å². The van der Waals surface area contributed by atoms with Gasteiger partial charge in [-0.25, -0.2) is 0 Å². The van der Waals surface area contributed by atoms with Gasteiger partial charge in [0.05, 0.1) is 17.7 Å². The summed E-state index contributed by atoms with van der Waals surface area (Å²) in [5.41, 5.74) is 0.926. The van der Waals surface area contributed by atoms with Crippen molar-refractivity contribution in [2.75, 3.05) is 20.2 Å². The van der Waals surface area contributed by atoms with E-state index < -0.39 is 6.04 Å². The number of piperidine rings is 1. The van der Waals surface area contributed by atoms with Crippen LogP contribution in [0.25, 0.3) is 0 Å². The number of hydrogen-bond donors (Lipinski definition) is 2. The molecule has 7 nitrogen and oxygen atoms in total. The maximum absolute atomic E-state index is 13.1. The third kappa shape index (κ3) is 6.29. The first-order valence-electron chi connectivity index (χ1n) is 11.6. The number of nitrogens with zero attached hydrogens (tertiary/aromatic N) is 1. The molecule has 0 radical (unpaired) electrons. The highest BCUT2D eigenvalue weighted by Gasteiger charge is 2.34. The van der Waals surface area contributed by atoms with Gasteiger partial charge in [0.25, 0.3) is 11.8 Å². The van der Waals surface area contributed by atoms with E-state index in [0.717, 1.165) is 6.42 Å². The van der Waals surface area contributed by atoms with Crippen LogP contribution in [0.4, 0.5) is 0 Å². The standard InChI is InChI=1S/C26H32ClN3O4/c1-4-17(2)28-25(32)23(29-24(31)21-7-5-6-8-22(21)27)18-13-15-30(16-14-18)26(33)19-9-11-20(34-3)12-10-19/h5-12,17-18,23H,4,13-16H2,1-3H3,(H,28,32)(H,29,31)/t17-,23-/m0/s1. The van der Waals surface area contributed by atoms with Crippen LogP contribution in [-0.2, 0) is 4.79 Å². The number of methoxy groups -OCH3 is 1. The summed E-state index contributed by atoms with van der Waals surface area (Å²) in [5, 5.41) is 6.23. The molecule has 1 heterocycles. The molecule has 3 rings (SSSR count). The fourth-order valence-electron chi connectivity index (χ4n) is 4.05. The Kier molecular flexibility index (Phi) is 8.93. The Morgan fingerprint density at radius 2 is 1.71 bits per heavy atom. The number of ether oxygens (including phenoxy) is 1. The molecule has 3 amide bonds. The van der Waals surface area contributed by atoms with E-state index in [9.17, 15) is 14.4 Å². The van der Waals surface area contributed by atoms with Crippen LogP contribution in [-0.4, -0.2) is 54.9 Å². The predicted molar refractivity (Wildman–Crippen MR) is 132 cm³/mol. The molecule has 182 valence electrons. The van der Waals surface area contributed by atoms with Crippen molar-refractivity contribution >= 4 is 29.3 Å². The van der Waals surface area contributed by atoms with Crippen molar-refractivity contribution in [3.8, 4) is 5.75 Å². The van der Waals surface area contributed by atoms with E-state index in [4.69, 9.17) is 16.3 Å². The Hall–Kier alpha value is -3.06. The van der Waals surface area contributed by atoms with Crippen molar-refractivity contribution < 1.29 is 19.1 Å². The minimum absolute atomic E-state index is 0.0102. The van der Waals surface area contributed by atoms with E-state index >= 15 is 0 Å². The zero-order chi connectivity index (χ0) is 24.7. The molecule has 1 aliphatic heterocycles. The van der Waals surface area contributed by atoms with Crippen LogP contribution in [0.1, 0.15) is 53.8 Å². The Morgan fingerprint density at radius 1 is 1.06 bits per heavy atom. The average molecular weight is 486 g/mol. The Morgan fingerprint density at radius 3 is 2.29 bits per heavy atom. The molecule has 34 heavy (non-hydrogen) atoms. The molecule has 2 atom stereocenters. The van der Waals surface area contributed by atoms with E-state index in [-0.39, 0.29) is 29.7 Å². The molecule has 2 aromatic carbocycles. The summed E-state index contributed by atoms with van der Waals surface area (Å²) >= 11 is 6.19. The van der Waals surface area contributed by atoms with E-state index in [0.29, 0.717) is 47.8 Å². The number of rotatable bonds is 8. The van der Waals surface area contributed by atoms with Gasteiger partial charge >= 0.3 is 0 Å². The topological polar surface area (TPSA) is 87.7 Å². The number of likely N-dealkylation sites (tertiary alicyclic amines) is 1. The van der Waals surface area contributed by atoms with Crippen LogP contribution in [0.5, 0.6) is 5.75 Å². The molecule has 1 fully saturated rings. The van der Waals surface area contributed by atoms with Gasteiger partial charge in [-0.2, -0.15) is 0 Å². The summed E-state index contributed by atoms with van der Waals surface area (Å²) in [4.78, 5) is 40.8. The van der Waals surface area contributed by atoms with Gasteiger partial charge < -0.3 is 20.3 Å². The fourth-order valence-corrected chi connectivity index (χ4v) is 4.27. The molecular formula is C26H32ClN3O4. The van der Waals surface area contributed by atoms with Gasteiger partial charge in [-0.15, -0.1) is 0 Å². The van der Waals surface area contributed by atoms with Crippen LogP contribution in [0.3, 0.4) is 0 Å². The molecule has 0 unspecified atom stereocenters. The largest absolute Gasteiger partial charge is 0.497 e. The molecule has 0 saturated carbocycles. The summed E-state index contributed by atoms with van der Waals surface area (Å²) < 4.78 is 5.16. The molecule has 2 aromatic rings. The number of benzene rings is 2. The summed E-state index contributed by atoms with van der Waals surface area (Å²) in [6.07, 6.45) is 1.98. The van der Waals surface area contributed by atoms with Crippen molar-refractivity contribution in [3.63, 3.8) is 0 Å². The average Bonchev–Trinajstić information content (AvgIpc) is 2.87. The predicted octanol–water partition coefficient (Wildman–Crippen LogP) is 3.91. The van der Waals surface area contributed by atoms with Crippen LogP contribution in [0, 0.1) is 5.92 Å². The first-order chi connectivity index (χ1) is 16.3. The third-order valence-electron chi connectivity index (χ3n) is 6.32. The minimum Gasteiger partial charge on any atom is -0.497 e. The van der Waals surface area contributed by atoms with Gasteiger partial charge in [0.15, 0.2) is 0 Å². The fraction of sp³-hybridized carbons (Fsp3) is 0.423. The molecule has 0 aromatic heterocycles. The molecule has 0 spiro atoms. The summed E-state index contributed by atoms with van der Waals surface area (Å²) in [6.45, 7) is 4.93. The highest BCUT2D eigenvalue weighted by atomic mass is 35.5. The molecule has 8 heteroatoms. The smallest absolute Gasteiger partial charge is 0.253 e. The van der Waals surface area contributed by atoms with Crippen LogP contribution in [0.2, 0.25) is 5.02 Å². The zero-order valence-electron chi connectivity index (χ0n) is 19.8. The van der Waals surface area contributed by atoms with Crippen LogP contribution < -0.4 is 15.4 Å². The van der Waals surface area contributed by atoms with Crippen molar-refractivity contribution in [1.29, 1.82) is 0 Å². The number of carbonyl (C=O) groups excluding carboxylic acids is 3. The quantitative estimate of drug-likeness (QED) is 0.593. The van der Waals surface area contributed by atoms with Crippen molar-refractivity contribution in [1.82, 2.24) is 15.5 Å². The van der Waals surface area contributed by atoms with E-state index in [2.05, 4.69) is 10.6 Å². The summed E-state index contributed by atoms with van der Waals surface area (Å²) in [6, 6.07) is 13.1.